The second-order valence-electron chi connectivity index (χ2n) is 8.49. The molecule has 4 aromatic rings. The van der Waals surface area contributed by atoms with Gasteiger partial charge in [-0.25, -0.2) is 13.2 Å². The maximum absolute atomic E-state index is 13.4. The summed E-state index contributed by atoms with van der Waals surface area (Å²) >= 11 is 0. The summed E-state index contributed by atoms with van der Waals surface area (Å²) in [5.41, 5.74) is 0.499. The summed E-state index contributed by atoms with van der Waals surface area (Å²) in [7, 11) is -1.42. The molecule has 1 heterocycles. The number of nitrogens with zero attached hydrogens (tertiary/aromatic N) is 2. The number of amides is 1. The number of aromatic nitrogens is 2. The standard InChI is InChI=1S/C26H26N4O5S/c1-17(18-10-6-4-7-11-18)27-24(31)23(19-12-8-5-9-13-19)28-36(34,35)20-14-15-22-21(16-20)25(32)30(3)26(33)29(22)2/h4-17,23,28H,1-3H3,(H,27,31)/t17-,23-/m1/s1. The van der Waals surface area contributed by atoms with Crippen molar-refractivity contribution in [1.82, 2.24) is 19.2 Å². The van der Waals surface area contributed by atoms with E-state index in [1.807, 2.05) is 37.3 Å². The molecule has 10 heteroatoms. The minimum absolute atomic E-state index is 0.0703. The number of hydrogen-bond donors (Lipinski definition) is 2. The van der Waals surface area contributed by atoms with E-state index in [0.717, 1.165) is 10.1 Å². The molecule has 9 nitrogen and oxygen atoms in total. The predicted octanol–water partition coefficient (Wildman–Crippen LogP) is 2.13. The first-order valence-corrected chi connectivity index (χ1v) is 12.7. The zero-order valence-electron chi connectivity index (χ0n) is 20.0. The fourth-order valence-corrected chi connectivity index (χ4v) is 5.21. The molecule has 186 valence electrons. The van der Waals surface area contributed by atoms with Crippen LogP contribution in [0, 0.1) is 0 Å². The van der Waals surface area contributed by atoms with Crippen molar-refractivity contribution in [3.63, 3.8) is 0 Å². The van der Waals surface area contributed by atoms with Gasteiger partial charge in [0.25, 0.3) is 5.56 Å². The summed E-state index contributed by atoms with van der Waals surface area (Å²) in [4.78, 5) is 38.0. The Morgan fingerprint density at radius 1 is 0.833 bits per heavy atom. The Balaban J connectivity index is 1.71. The highest BCUT2D eigenvalue weighted by atomic mass is 32.2. The van der Waals surface area contributed by atoms with Crippen LogP contribution in [-0.2, 0) is 28.9 Å². The van der Waals surface area contributed by atoms with Crippen LogP contribution in [0.4, 0.5) is 0 Å². The van der Waals surface area contributed by atoms with Gasteiger partial charge >= 0.3 is 5.69 Å². The van der Waals surface area contributed by atoms with Gasteiger partial charge in [-0.15, -0.1) is 0 Å². The average Bonchev–Trinajstić information content (AvgIpc) is 2.89. The Bertz CT molecular complexity index is 1650. The summed E-state index contributed by atoms with van der Waals surface area (Å²) in [6, 6.07) is 20.2. The summed E-state index contributed by atoms with van der Waals surface area (Å²) in [5, 5.41) is 2.94. The number of nitrogens with one attached hydrogen (secondary N) is 2. The predicted molar refractivity (Wildman–Crippen MR) is 137 cm³/mol. The van der Waals surface area contributed by atoms with Crippen LogP contribution in [0.2, 0.25) is 0 Å². The molecule has 0 unspecified atom stereocenters. The summed E-state index contributed by atoms with van der Waals surface area (Å²) in [6.07, 6.45) is 0. The molecule has 0 spiro atoms. The molecule has 2 N–H and O–H groups in total. The van der Waals surface area contributed by atoms with Gasteiger partial charge in [0, 0.05) is 14.1 Å². The molecule has 0 aliphatic heterocycles. The van der Waals surface area contributed by atoms with E-state index in [9.17, 15) is 22.8 Å². The zero-order chi connectivity index (χ0) is 26.0. The topological polar surface area (TPSA) is 119 Å². The van der Waals surface area contributed by atoms with Gasteiger partial charge in [-0.3, -0.25) is 18.7 Å². The highest BCUT2D eigenvalue weighted by Crippen LogP contribution is 2.21. The second-order valence-corrected chi connectivity index (χ2v) is 10.2. The molecule has 0 aliphatic rings. The molecular weight excluding hydrogens is 480 g/mol. The molecule has 1 amide bonds. The minimum Gasteiger partial charge on any atom is -0.348 e. The molecule has 0 bridgehead atoms. The maximum Gasteiger partial charge on any atom is 0.330 e. The fraction of sp³-hybridized carbons (Fsp3) is 0.192. The number of benzene rings is 3. The Morgan fingerprint density at radius 3 is 2.03 bits per heavy atom. The van der Waals surface area contributed by atoms with E-state index in [2.05, 4.69) is 10.0 Å². The quantitative estimate of drug-likeness (QED) is 0.398. The number of sulfonamides is 1. The number of rotatable bonds is 7. The van der Waals surface area contributed by atoms with Gasteiger partial charge in [0.05, 0.1) is 21.8 Å². The zero-order valence-corrected chi connectivity index (χ0v) is 20.8. The Labute approximate surface area is 208 Å². The Hall–Kier alpha value is -4.02. The molecule has 0 saturated heterocycles. The Kier molecular flexibility index (Phi) is 6.91. The van der Waals surface area contributed by atoms with E-state index in [4.69, 9.17) is 0 Å². The van der Waals surface area contributed by atoms with E-state index < -0.39 is 33.2 Å². The average molecular weight is 507 g/mol. The third kappa shape index (κ3) is 4.86. The molecule has 2 atom stereocenters. The van der Waals surface area contributed by atoms with Gasteiger partial charge < -0.3 is 5.32 Å². The van der Waals surface area contributed by atoms with Crippen molar-refractivity contribution in [3.8, 4) is 0 Å². The van der Waals surface area contributed by atoms with Gasteiger partial charge in [0.15, 0.2) is 0 Å². The van der Waals surface area contributed by atoms with Crippen LogP contribution >= 0.6 is 0 Å². The second kappa shape index (κ2) is 9.92. The van der Waals surface area contributed by atoms with Crippen molar-refractivity contribution >= 4 is 26.8 Å². The van der Waals surface area contributed by atoms with Crippen LogP contribution in [0.25, 0.3) is 10.9 Å². The van der Waals surface area contributed by atoms with Crippen LogP contribution in [0.15, 0.2) is 93.3 Å². The highest BCUT2D eigenvalue weighted by molar-refractivity contribution is 7.89. The molecule has 0 saturated carbocycles. The third-order valence-corrected chi connectivity index (χ3v) is 7.50. The molecule has 4 rings (SSSR count). The smallest absolute Gasteiger partial charge is 0.330 e. The van der Waals surface area contributed by atoms with Crippen LogP contribution in [0.5, 0.6) is 0 Å². The molecule has 36 heavy (non-hydrogen) atoms. The molecule has 0 radical (unpaired) electrons. The van der Waals surface area contributed by atoms with Gasteiger partial charge in [0.1, 0.15) is 6.04 Å². The van der Waals surface area contributed by atoms with E-state index in [0.29, 0.717) is 11.1 Å². The van der Waals surface area contributed by atoms with Crippen LogP contribution in [-0.4, -0.2) is 23.5 Å². The first kappa shape index (κ1) is 25.1. The number of carbonyl (C=O) groups excluding carboxylic acids is 1. The van der Waals surface area contributed by atoms with E-state index in [1.54, 1.807) is 30.3 Å². The largest absolute Gasteiger partial charge is 0.348 e. The molecule has 0 fully saturated rings. The summed E-state index contributed by atoms with van der Waals surface area (Å²) in [6.45, 7) is 1.81. The van der Waals surface area contributed by atoms with Crippen molar-refractivity contribution < 1.29 is 13.2 Å². The van der Waals surface area contributed by atoms with Crippen LogP contribution in [0.3, 0.4) is 0 Å². The van der Waals surface area contributed by atoms with Crippen molar-refractivity contribution in [2.75, 3.05) is 0 Å². The van der Waals surface area contributed by atoms with Crippen LogP contribution in [0.1, 0.15) is 30.1 Å². The number of hydrogen-bond acceptors (Lipinski definition) is 5. The van der Waals surface area contributed by atoms with Gasteiger partial charge in [-0.05, 0) is 36.2 Å². The van der Waals surface area contributed by atoms with Crippen molar-refractivity contribution in [2.45, 2.75) is 23.9 Å². The lowest BCUT2D eigenvalue weighted by Gasteiger charge is -2.22. The van der Waals surface area contributed by atoms with E-state index in [-0.39, 0.29) is 16.3 Å². The minimum atomic E-state index is -4.24. The van der Waals surface area contributed by atoms with Gasteiger partial charge in [0.2, 0.25) is 15.9 Å². The molecular formula is C26H26N4O5S. The first-order valence-electron chi connectivity index (χ1n) is 11.2. The highest BCUT2D eigenvalue weighted by Gasteiger charge is 2.29. The van der Waals surface area contributed by atoms with Gasteiger partial charge in [-0.1, -0.05) is 60.7 Å². The first-order chi connectivity index (χ1) is 17.1. The van der Waals surface area contributed by atoms with Crippen molar-refractivity contribution in [1.29, 1.82) is 0 Å². The molecule has 0 aliphatic carbocycles. The van der Waals surface area contributed by atoms with Crippen molar-refractivity contribution in [2.24, 2.45) is 14.1 Å². The normalized spacial score (nSPS) is 13.3. The van der Waals surface area contributed by atoms with E-state index in [1.165, 1.54) is 36.9 Å². The lowest BCUT2D eigenvalue weighted by Crippen LogP contribution is -2.41. The SMILES string of the molecule is C[C@@H](NC(=O)[C@H](NS(=O)(=O)c1ccc2c(c1)c(=O)n(C)c(=O)n2C)c1ccccc1)c1ccccc1. The van der Waals surface area contributed by atoms with Crippen LogP contribution < -0.4 is 21.3 Å². The lowest BCUT2D eigenvalue weighted by molar-refractivity contribution is -0.123. The number of fused-ring (bicyclic) bond motifs is 1. The van der Waals surface area contributed by atoms with Crippen molar-refractivity contribution in [3.05, 3.63) is 111 Å². The fourth-order valence-electron chi connectivity index (χ4n) is 4.01. The van der Waals surface area contributed by atoms with E-state index >= 15 is 0 Å². The monoisotopic (exact) mass is 506 g/mol. The summed E-state index contributed by atoms with van der Waals surface area (Å²) < 4.78 is 31.5. The Morgan fingerprint density at radius 2 is 1.42 bits per heavy atom. The lowest BCUT2D eigenvalue weighted by atomic mass is 10.1. The number of carbonyl (C=O) groups is 1. The molecule has 3 aromatic carbocycles. The summed E-state index contributed by atoms with van der Waals surface area (Å²) in [5.74, 6) is -0.528. The maximum atomic E-state index is 13.4. The number of aryl methyl sites for hydroxylation is 1. The molecule has 1 aromatic heterocycles. The van der Waals surface area contributed by atoms with Gasteiger partial charge in [-0.2, -0.15) is 4.72 Å². The third-order valence-electron chi connectivity index (χ3n) is 6.08.